The number of amides is 2. The van der Waals surface area contributed by atoms with Gasteiger partial charge in [-0.05, 0) is 92.1 Å². The van der Waals surface area contributed by atoms with E-state index in [4.69, 9.17) is 9.47 Å². The van der Waals surface area contributed by atoms with Gasteiger partial charge < -0.3 is 19.7 Å². The smallest absolute Gasteiger partial charge is 0.311 e. The molecule has 0 aromatic heterocycles. The summed E-state index contributed by atoms with van der Waals surface area (Å²) in [5.74, 6) is -0.416. The van der Waals surface area contributed by atoms with Crippen molar-refractivity contribution in [3.63, 3.8) is 0 Å². The number of esters is 1. The third-order valence-corrected chi connectivity index (χ3v) is 6.62. The van der Waals surface area contributed by atoms with Crippen LogP contribution in [0.5, 0.6) is 11.5 Å². The molecule has 8 heteroatoms. The van der Waals surface area contributed by atoms with Crippen LogP contribution in [0.3, 0.4) is 0 Å². The summed E-state index contributed by atoms with van der Waals surface area (Å²) in [6, 6.07) is 18.5. The maximum atomic E-state index is 12.6. The third-order valence-electron chi connectivity index (χ3n) is 6.13. The summed E-state index contributed by atoms with van der Waals surface area (Å²) in [5.41, 5.74) is 4.54. The van der Waals surface area contributed by atoms with Crippen LogP contribution >= 0.6 is 15.9 Å². The summed E-state index contributed by atoms with van der Waals surface area (Å²) in [5, 5.41) is 2.73. The van der Waals surface area contributed by atoms with Crippen LogP contribution in [0.15, 0.2) is 65.1 Å². The maximum Gasteiger partial charge on any atom is 0.311 e. The van der Waals surface area contributed by atoms with E-state index in [2.05, 4.69) is 21.2 Å². The van der Waals surface area contributed by atoms with Crippen LogP contribution < -0.4 is 15.0 Å². The molecule has 0 spiro atoms. The molecule has 3 aromatic carbocycles. The predicted molar refractivity (Wildman–Crippen MR) is 141 cm³/mol. The van der Waals surface area contributed by atoms with Gasteiger partial charge in [0.1, 0.15) is 11.5 Å². The van der Waals surface area contributed by atoms with Crippen LogP contribution in [0, 0.1) is 26.7 Å². The van der Waals surface area contributed by atoms with Gasteiger partial charge in [0.25, 0.3) is 5.91 Å². The monoisotopic (exact) mass is 550 g/mol. The molecule has 36 heavy (non-hydrogen) atoms. The molecular weight excluding hydrogens is 524 g/mol. The summed E-state index contributed by atoms with van der Waals surface area (Å²) >= 11 is 3.38. The number of benzene rings is 3. The lowest BCUT2D eigenvalue weighted by Crippen LogP contribution is -2.28. The van der Waals surface area contributed by atoms with E-state index in [1.54, 1.807) is 35.2 Å². The molecule has 1 saturated heterocycles. The van der Waals surface area contributed by atoms with Crippen molar-refractivity contribution in [3.8, 4) is 11.5 Å². The third kappa shape index (κ3) is 6.12. The van der Waals surface area contributed by atoms with Crippen molar-refractivity contribution in [3.05, 3.63) is 81.8 Å². The molecule has 0 aliphatic carbocycles. The minimum absolute atomic E-state index is 0.0349. The number of nitrogens with zero attached hydrogens (tertiary/aromatic N) is 1. The van der Waals surface area contributed by atoms with E-state index in [1.165, 1.54) is 5.56 Å². The van der Waals surface area contributed by atoms with Gasteiger partial charge in [0.2, 0.25) is 5.91 Å². The molecule has 7 nitrogen and oxygen atoms in total. The van der Waals surface area contributed by atoms with E-state index in [-0.39, 0.29) is 18.9 Å². The summed E-state index contributed by atoms with van der Waals surface area (Å²) in [4.78, 5) is 38.9. The van der Waals surface area contributed by atoms with Crippen molar-refractivity contribution < 1.29 is 23.9 Å². The van der Waals surface area contributed by atoms with E-state index in [0.29, 0.717) is 17.1 Å². The molecule has 4 rings (SSSR count). The van der Waals surface area contributed by atoms with Crippen molar-refractivity contribution in [1.82, 2.24) is 0 Å². The SMILES string of the molecule is Cc1ccc(Oc2ccc(N3C[C@@H](C(=O)OCC(=O)Nc4ccc(Br)cc4C)CC3=O)cc2)cc1C. The average Bonchev–Trinajstić information content (AvgIpc) is 3.24. The first kappa shape index (κ1) is 25.4. The second-order valence-electron chi connectivity index (χ2n) is 8.86. The number of hydrogen-bond acceptors (Lipinski definition) is 5. The minimum atomic E-state index is -0.633. The Morgan fingerprint density at radius 1 is 0.944 bits per heavy atom. The molecular formula is C28H27BrN2O5. The van der Waals surface area contributed by atoms with E-state index in [1.807, 2.05) is 51.1 Å². The molecule has 0 unspecified atom stereocenters. The number of hydrogen-bond donors (Lipinski definition) is 1. The Morgan fingerprint density at radius 2 is 1.67 bits per heavy atom. The lowest BCUT2D eigenvalue weighted by molar-refractivity contribution is -0.151. The molecule has 1 aliphatic heterocycles. The van der Waals surface area contributed by atoms with Crippen LogP contribution in [0.2, 0.25) is 0 Å². The summed E-state index contributed by atoms with van der Waals surface area (Å²) in [7, 11) is 0. The molecule has 1 heterocycles. The molecule has 1 N–H and O–H groups in total. The van der Waals surface area contributed by atoms with Gasteiger partial charge >= 0.3 is 5.97 Å². The second-order valence-corrected chi connectivity index (χ2v) is 9.78. The molecule has 0 radical (unpaired) electrons. The number of carbonyl (C=O) groups excluding carboxylic acids is 3. The molecule has 1 atom stereocenters. The van der Waals surface area contributed by atoms with Gasteiger partial charge in [-0.2, -0.15) is 0 Å². The Balaban J connectivity index is 1.30. The van der Waals surface area contributed by atoms with Crippen LogP contribution in [0.25, 0.3) is 0 Å². The average molecular weight is 551 g/mol. The molecule has 2 amide bonds. The minimum Gasteiger partial charge on any atom is -0.457 e. The van der Waals surface area contributed by atoms with E-state index in [9.17, 15) is 14.4 Å². The Hall–Kier alpha value is -3.65. The number of anilines is 2. The van der Waals surface area contributed by atoms with E-state index < -0.39 is 24.4 Å². The lowest BCUT2D eigenvalue weighted by atomic mass is 10.1. The van der Waals surface area contributed by atoms with Gasteiger partial charge in [-0.15, -0.1) is 0 Å². The maximum absolute atomic E-state index is 12.6. The number of rotatable bonds is 7. The topological polar surface area (TPSA) is 84.9 Å². The number of carbonyl (C=O) groups is 3. The largest absolute Gasteiger partial charge is 0.457 e. The predicted octanol–water partition coefficient (Wildman–Crippen LogP) is 5.70. The van der Waals surface area contributed by atoms with Gasteiger partial charge in [-0.25, -0.2) is 0 Å². The summed E-state index contributed by atoms with van der Waals surface area (Å²) < 4.78 is 12.0. The molecule has 0 saturated carbocycles. The zero-order valence-corrected chi connectivity index (χ0v) is 21.9. The quantitative estimate of drug-likeness (QED) is 0.381. The van der Waals surface area contributed by atoms with Gasteiger partial charge in [-0.3, -0.25) is 14.4 Å². The fraction of sp³-hybridized carbons (Fsp3) is 0.250. The zero-order chi connectivity index (χ0) is 25.8. The summed E-state index contributed by atoms with van der Waals surface area (Å²) in [6.07, 6.45) is 0.0349. The lowest BCUT2D eigenvalue weighted by Gasteiger charge is -2.17. The molecule has 0 bridgehead atoms. The van der Waals surface area contributed by atoms with Gasteiger partial charge in [0.05, 0.1) is 5.92 Å². The molecule has 1 aliphatic rings. The van der Waals surface area contributed by atoms with E-state index >= 15 is 0 Å². The van der Waals surface area contributed by atoms with Gasteiger partial charge in [-0.1, -0.05) is 22.0 Å². The number of ether oxygens (including phenoxy) is 2. The fourth-order valence-corrected chi connectivity index (χ4v) is 4.41. The molecule has 1 fully saturated rings. The number of aryl methyl sites for hydroxylation is 3. The highest BCUT2D eigenvalue weighted by Gasteiger charge is 2.36. The normalized spacial score (nSPS) is 15.1. The first-order valence-electron chi connectivity index (χ1n) is 11.6. The number of nitrogens with one attached hydrogen (secondary N) is 1. The molecule has 186 valence electrons. The van der Waals surface area contributed by atoms with Crippen molar-refractivity contribution >= 4 is 45.1 Å². The van der Waals surface area contributed by atoms with Crippen LogP contribution in [0.4, 0.5) is 11.4 Å². The van der Waals surface area contributed by atoms with Crippen LogP contribution in [0.1, 0.15) is 23.1 Å². The Bertz CT molecular complexity index is 1310. The van der Waals surface area contributed by atoms with Gasteiger partial charge in [0.15, 0.2) is 6.61 Å². The van der Waals surface area contributed by atoms with Crippen molar-refractivity contribution in [2.75, 3.05) is 23.4 Å². The highest BCUT2D eigenvalue weighted by molar-refractivity contribution is 9.10. The standard InChI is InChI=1S/C28H27BrN2O5/c1-17-4-8-24(13-18(17)2)36-23-9-6-22(7-10-23)31-15-20(14-27(31)33)28(34)35-16-26(32)30-25-11-5-21(29)12-19(25)3/h4-13,20H,14-16H2,1-3H3,(H,30,32)/t20-/m0/s1. The van der Waals surface area contributed by atoms with Crippen molar-refractivity contribution in [2.45, 2.75) is 27.2 Å². The Kier molecular flexibility index (Phi) is 7.74. The van der Waals surface area contributed by atoms with Crippen molar-refractivity contribution in [1.29, 1.82) is 0 Å². The highest BCUT2D eigenvalue weighted by atomic mass is 79.9. The van der Waals surface area contributed by atoms with Crippen LogP contribution in [-0.4, -0.2) is 30.9 Å². The fourth-order valence-electron chi connectivity index (χ4n) is 3.93. The second kappa shape index (κ2) is 11.0. The first-order valence-corrected chi connectivity index (χ1v) is 12.4. The van der Waals surface area contributed by atoms with Crippen molar-refractivity contribution in [2.24, 2.45) is 5.92 Å². The number of halogens is 1. The Morgan fingerprint density at radius 3 is 2.36 bits per heavy atom. The summed E-state index contributed by atoms with van der Waals surface area (Å²) in [6.45, 7) is 5.73. The van der Waals surface area contributed by atoms with E-state index in [0.717, 1.165) is 21.3 Å². The zero-order valence-electron chi connectivity index (χ0n) is 20.3. The highest BCUT2D eigenvalue weighted by Crippen LogP contribution is 2.30. The Labute approximate surface area is 218 Å². The molecule has 3 aromatic rings. The van der Waals surface area contributed by atoms with Gasteiger partial charge in [0, 0.05) is 28.8 Å². The van der Waals surface area contributed by atoms with Crippen LogP contribution in [-0.2, 0) is 19.1 Å². The first-order chi connectivity index (χ1) is 17.2.